The van der Waals surface area contributed by atoms with Gasteiger partial charge in [0, 0.05) is 22.4 Å². The van der Waals surface area contributed by atoms with Crippen molar-refractivity contribution in [3.63, 3.8) is 0 Å². The highest BCUT2D eigenvalue weighted by molar-refractivity contribution is 5.79. The van der Waals surface area contributed by atoms with Gasteiger partial charge in [0.15, 0.2) is 0 Å². The van der Waals surface area contributed by atoms with Crippen LogP contribution in [0.3, 0.4) is 0 Å². The molecule has 0 spiro atoms. The van der Waals surface area contributed by atoms with Gasteiger partial charge in [0.1, 0.15) is 11.3 Å². The van der Waals surface area contributed by atoms with Crippen LogP contribution in [-0.2, 0) is 11.8 Å². The van der Waals surface area contributed by atoms with Crippen molar-refractivity contribution < 1.29 is 4.42 Å². The molecule has 0 aliphatic heterocycles. The van der Waals surface area contributed by atoms with Gasteiger partial charge in [-0.3, -0.25) is 0 Å². The van der Waals surface area contributed by atoms with Crippen LogP contribution in [0.5, 0.6) is 0 Å². The summed E-state index contributed by atoms with van der Waals surface area (Å²) in [6, 6.07) is 9.61. The van der Waals surface area contributed by atoms with Gasteiger partial charge in [-0.05, 0) is 69.7 Å². The Kier molecular flexibility index (Phi) is 4.08. The summed E-state index contributed by atoms with van der Waals surface area (Å²) in [6.07, 6.45) is 3.79. The molecule has 2 heteroatoms. The highest BCUT2D eigenvalue weighted by Crippen LogP contribution is 2.34. The van der Waals surface area contributed by atoms with Gasteiger partial charge in [0.25, 0.3) is 0 Å². The summed E-state index contributed by atoms with van der Waals surface area (Å²) in [4.78, 5) is 0. The zero-order valence-corrected chi connectivity index (χ0v) is 15.5. The van der Waals surface area contributed by atoms with E-state index in [-0.39, 0.29) is 11.0 Å². The summed E-state index contributed by atoms with van der Waals surface area (Å²) < 4.78 is 5.99. The molecule has 0 saturated heterocycles. The number of hydrogen-bond donors (Lipinski definition) is 1. The first-order valence-corrected chi connectivity index (χ1v) is 8.91. The van der Waals surface area contributed by atoms with Crippen LogP contribution in [-0.4, -0.2) is 11.6 Å². The van der Waals surface area contributed by atoms with E-state index in [0.717, 1.165) is 17.3 Å². The van der Waals surface area contributed by atoms with Gasteiger partial charge in [0.05, 0.1) is 0 Å². The molecule has 1 heterocycles. The molecule has 23 heavy (non-hydrogen) atoms. The minimum atomic E-state index is 0.0685. The molecular weight excluding hydrogens is 282 g/mol. The summed E-state index contributed by atoms with van der Waals surface area (Å²) in [5, 5.41) is 4.95. The van der Waals surface area contributed by atoms with Gasteiger partial charge in [-0.15, -0.1) is 0 Å². The molecule has 1 aliphatic rings. The maximum absolute atomic E-state index is 5.99. The molecule has 0 unspecified atom stereocenters. The first kappa shape index (κ1) is 16.6. The van der Waals surface area contributed by atoms with Crippen LogP contribution in [0.2, 0.25) is 0 Å². The fraction of sp³-hybridized carbons (Fsp3) is 0.619. The zero-order chi connectivity index (χ0) is 16.8. The monoisotopic (exact) mass is 313 g/mol. The van der Waals surface area contributed by atoms with E-state index in [0.29, 0.717) is 6.04 Å². The van der Waals surface area contributed by atoms with Crippen LogP contribution >= 0.6 is 0 Å². The van der Waals surface area contributed by atoms with Gasteiger partial charge < -0.3 is 9.73 Å². The normalized spacial score (nSPS) is 22.3. The van der Waals surface area contributed by atoms with Gasteiger partial charge in [0.2, 0.25) is 0 Å². The van der Waals surface area contributed by atoms with E-state index in [9.17, 15) is 0 Å². The molecule has 126 valence electrons. The summed E-state index contributed by atoms with van der Waals surface area (Å²) in [6.45, 7) is 13.3. The minimum Gasteiger partial charge on any atom is -0.461 e. The summed E-state index contributed by atoms with van der Waals surface area (Å²) in [5.41, 5.74) is 2.76. The average molecular weight is 313 g/mol. The molecule has 0 radical (unpaired) electrons. The van der Waals surface area contributed by atoms with Crippen LogP contribution < -0.4 is 5.32 Å². The Morgan fingerprint density at radius 2 is 1.74 bits per heavy atom. The second kappa shape index (κ2) is 5.66. The fourth-order valence-corrected chi connectivity index (χ4v) is 3.56. The largest absolute Gasteiger partial charge is 0.461 e. The lowest BCUT2D eigenvalue weighted by atomic mass is 9.76. The van der Waals surface area contributed by atoms with E-state index in [4.69, 9.17) is 4.42 Å². The predicted octanol–water partition coefficient (Wildman–Crippen LogP) is 5.44. The topological polar surface area (TPSA) is 25.2 Å². The SMILES string of the molecule is CC(C)(C)NC1CC(Cc2ccc3oc(C(C)(C)C)cc3c2)C1. The Labute approximate surface area is 140 Å². The molecule has 0 atom stereocenters. The van der Waals surface area contributed by atoms with Crippen LogP contribution in [0.25, 0.3) is 11.0 Å². The van der Waals surface area contributed by atoms with Crippen molar-refractivity contribution >= 4 is 11.0 Å². The van der Waals surface area contributed by atoms with Crippen LogP contribution in [0.4, 0.5) is 0 Å². The smallest absolute Gasteiger partial charge is 0.134 e. The molecule has 1 saturated carbocycles. The van der Waals surface area contributed by atoms with Crippen molar-refractivity contribution in [2.24, 2.45) is 5.92 Å². The lowest BCUT2D eigenvalue weighted by molar-refractivity contribution is 0.185. The van der Waals surface area contributed by atoms with Crippen LogP contribution in [0.1, 0.15) is 65.7 Å². The maximum atomic E-state index is 5.99. The van der Waals surface area contributed by atoms with Crippen LogP contribution in [0, 0.1) is 5.92 Å². The third-order valence-electron chi connectivity index (χ3n) is 4.72. The molecule has 2 nitrogen and oxygen atoms in total. The van der Waals surface area contributed by atoms with Crippen molar-refractivity contribution in [1.29, 1.82) is 0 Å². The molecule has 0 bridgehead atoms. The predicted molar refractivity (Wildman–Crippen MR) is 98.0 cm³/mol. The van der Waals surface area contributed by atoms with E-state index in [1.54, 1.807) is 0 Å². The molecule has 2 aromatic rings. The Bertz CT molecular complexity index is 678. The number of benzene rings is 1. The second-order valence-corrected chi connectivity index (χ2v) is 9.37. The van der Waals surface area contributed by atoms with Gasteiger partial charge >= 0.3 is 0 Å². The molecule has 1 aliphatic carbocycles. The molecule has 1 aromatic carbocycles. The van der Waals surface area contributed by atoms with Crippen molar-refractivity contribution in [3.8, 4) is 0 Å². The third kappa shape index (κ3) is 3.98. The quantitative estimate of drug-likeness (QED) is 0.816. The van der Waals surface area contributed by atoms with Gasteiger partial charge in [-0.2, -0.15) is 0 Å². The molecule has 0 amide bonds. The van der Waals surface area contributed by atoms with Gasteiger partial charge in [-0.25, -0.2) is 0 Å². The molecule has 1 fully saturated rings. The Morgan fingerprint density at radius 1 is 1.04 bits per heavy atom. The first-order chi connectivity index (χ1) is 10.6. The number of hydrogen-bond acceptors (Lipinski definition) is 2. The summed E-state index contributed by atoms with van der Waals surface area (Å²) in [5.74, 6) is 1.89. The number of fused-ring (bicyclic) bond motifs is 1. The fourth-order valence-electron chi connectivity index (χ4n) is 3.56. The minimum absolute atomic E-state index is 0.0685. The Morgan fingerprint density at radius 3 is 2.35 bits per heavy atom. The highest BCUT2D eigenvalue weighted by atomic mass is 16.3. The van der Waals surface area contributed by atoms with E-state index < -0.39 is 0 Å². The molecule has 3 rings (SSSR count). The second-order valence-electron chi connectivity index (χ2n) is 9.37. The van der Waals surface area contributed by atoms with E-state index in [2.05, 4.69) is 71.1 Å². The van der Waals surface area contributed by atoms with Crippen molar-refractivity contribution in [2.75, 3.05) is 0 Å². The zero-order valence-electron chi connectivity index (χ0n) is 15.5. The van der Waals surface area contributed by atoms with E-state index in [1.165, 1.54) is 30.2 Å². The summed E-state index contributed by atoms with van der Waals surface area (Å²) in [7, 11) is 0. The first-order valence-electron chi connectivity index (χ1n) is 8.91. The van der Waals surface area contributed by atoms with Gasteiger partial charge in [-0.1, -0.05) is 26.8 Å². The van der Waals surface area contributed by atoms with Crippen molar-refractivity contribution in [1.82, 2.24) is 5.32 Å². The number of rotatable bonds is 3. The molecular formula is C21H31NO. The average Bonchev–Trinajstić information content (AvgIpc) is 2.77. The van der Waals surface area contributed by atoms with Crippen molar-refractivity contribution in [2.45, 2.75) is 77.8 Å². The third-order valence-corrected chi connectivity index (χ3v) is 4.72. The summed E-state index contributed by atoms with van der Waals surface area (Å²) >= 11 is 0. The Hall–Kier alpha value is -1.28. The lowest BCUT2D eigenvalue weighted by Gasteiger charge is -2.40. The molecule has 1 aromatic heterocycles. The highest BCUT2D eigenvalue weighted by Gasteiger charge is 2.31. The standard InChI is InChI=1S/C21H31NO/c1-20(2,3)19-13-16-10-14(7-8-18(16)23-19)9-15-11-17(12-15)22-21(4,5)6/h7-8,10,13,15,17,22H,9,11-12H2,1-6H3. The molecule has 1 N–H and O–H groups in total. The number of furan rings is 1. The van der Waals surface area contributed by atoms with E-state index in [1.807, 2.05) is 0 Å². The van der Waals surface area contributed by atoms with Crippen LogP contribution in [0.15, 0.2) is 28.7 Å². The number of nitrogens with one attached hydrogen (secondary N) is 1. The lowest BCUT2D eigenvalue weighted by Crippen LogP contribution is -2.50. The van der Waals surface area contributed by atoms with E-state index >= 15 is 0 Å². The maximum Gasteiger partial charge on any atom is 0.134 e. The van der Waals surface area contributed by atoms with Crippen molar-refractivity contribution in [3.05, 3.63) is 35.6 Å². The Balaban J connectivity index is 1.64.